The Morgan fingerprint density at radius 3 is 2.58 bits per heavy atom. The molecule has 0 saturated carbocycles. The van der Waals surface area contributed by atoms with Crippen LogP contribution in [0.1, 0.15) is 5.56 Å². The molecule has 0 aromatic heterocycles. The highest BCUT2D eigenvalue weighted by Gasteiger charge is 2.02. The maximum Gasteiger partial charge on any atom is 0.191 e. The van der Waals surface area contributed by atoms with Gasteiger partial charge in [0.15, 0.2) is 5.96 Å². The van der Waals surface area contributed by atoms with Crippen LogP contribution in [-0.2, 0) is 6.42 Å². The lowest BCUT2D eigenvalue weighted by atomic mass is 10.1. The zero-order chi connectivity index (χ0) is 17.2. The fourth-order valence-corrected chi connectivity index (χ4v) is 2.13. The number of benzene rings is 2. The number of rotatable bonds is 7. The first-order valence-corrected chi connectivity index (χ1v) is 7.75. The van der Waals surface area contributed by atoms with E-state index in [0.29, 0.717) is 43.4 Å². The molecule has 0 saturated heterocycles. The molecular formula is C18H21F2N3O. The molecule has 0 aliphatic carbocycles. The smallest absolute Gasteiger partial charge is 0.191 e. The van der Waals surface area contributed by atoms with E-state index in [1.54, 1.807) is 31.3 Å². The van der Waals surface area contributed by atoms with Gasteiger partial charge in [0.05, 0.1) is 6.54 Å². The van der Waals surface area contributed by atoms with Crippen molar-refractivity contribution in [1.82, 2.24) is 10.6 Å². The molecule has 0 fully saturated rings. The summed E-state index contributed by atoms with van der Waals surface area (Å²) in [6.45, 7) is 1.44. The van der Waals surface area contributed by atoms with Gasteiger partial charge in [-0.3, -0.25) is 4.99 Å². The SMILES string of the molecule is CN=C(NCCOc1cccc(F)c1)NCCc1ccccc1F. The summed E-state index contributed by atoms with van der Waals surface area (Å²) in [5.41, 5.74) is 0.662. The number of nitrogens with one attached hydrogen (secondary N) is 2. The third kappa shape index (κ3) is 5.87. The number of aliphatic imine (C=N–C) groups is 1. The minimum atomic E-state index is -0.328. The third-order valence-corrected chi connectivity index (χ3v) is 3.33. The monoisotopic (exact) mass is 333 g/mol. The summed E-state index contributed by atoms with van der Waals surface area (Å²) in [7, 11) is 1.66. The third-order valence-electron chi connectivity index (χ3n) is 3.33. The molecule has 2 aromatic carbocycles. The fraction of sp³-hybridized carbons (Fsp3) is 0.278. The van der Waals surface area contributed by atoms with E-state index in [-0.39, 0.29) is 11.6 Å². The van der Waals surface area contributed by atoms with Crippen molar-refractivity contribution in [2.75, 3.05) is 26.7 Å². The molecular weight excluding hydrogens is 312 g/mol. The quantitative estimate of drug-likeness (QED) is 0.465. The van der Waals surface area contributed by atoms with E-state index in [1.807, 2.05) is 6.07 Å². The van der Waals surface area contributed by atoms with Crippen molar-refractivity contribution in [2.45, 2.75) is 6.42 Å². The van der Waals surface area contributed by atoms with Gasteiger partial charge >= 0.3 is 0 Å². The molecule has 0 spiro atoms. The summed E-state index contributed by atoms with van der Waals surface area (Å²) in [6.07, 6.45) is 0.563. The molecule has 24 heavy (non-hydrogen) atoms. The molecule has 0 aliphatic rings. The van der Waals surface area contributed by atoms with E-state index in [9.17, 15) is 8.78 Å². The van der Waals surface area contributed by atoms with E-state index in [1.165, 1.54) is 18.2 Å². The second-order valence-electron chi connectivity index (χ2n) is 5.07. The second kappa shape index (κ2) is 9.50. The average Bonchev–Trinajstić information content (AvgIpc) is 2.58. The van der Waals surface area contributed by atoms with Crippen molar-refractivity contribution in [2.24, 2.45) is 4.99 Å². The molecule has 4 nitrogen and oxygen atoms in total. The van der Waals surface area contributed by atoms with Crippen LogP contribution in [0.3, 0.4) is 0 Å². The van der Waals surface area contributed by atoms with Gasteiger partial charge in [0.2, 0.25) is 0 Å². The molecule has 0 amide bonds. The molecule has 0 atom stereocenters. The van der Waals surface area contributed by atoms with Crippen molar-refractivity contribution in [1.29, 1.82) is 0 Å². The highest BCUT2D eigenvalue weighted by molar-refractivity contribution is 5.79. The van der Waals surface area contributed by atoms with Crippen LogP contribution in [0.5, 0.6) is 5.75 Å². The van der Waals surface area contributed by atoms with Gasteiger partial charge in [0.1, 0.15) is 24.0 Å². The lowest BCUT2D eigenvalue weighted by molar-refractivity contribution is 0.320. The number of nitrogens with zero attached hydrogens (tertiary/aromatic N) is 1. The highest BCUT2D eigenvalue weighted by atomic mass is 19.1. The first kappa shape index (κ1) is 17.7. The minimum absolute atomic E-state index is 0.203. The van der Waals surface area contributed by atoms with Crippen molar-refractivity contribution < 1.29 is 13.5 Å². The number of hydrogen-bond donors (Lipinski definition) is 2. The molecule has 128 valence electrons. The summed E-state index contributed by atoms with van der Waals surface area (Å²) in [5.74, 6) is 0.560. The molecule has 2 N–H and O–H groups in total. The summed E-state index contributed by atoms with van der Waals surface area (Å²) in [6, 6.07) is 12.7. The maximum atomic E-state index is 13.5. The predicted molar refractivity (Wildman–Crippen MR) is 91.4 cm³/mol. The van der Waals surface area contributed by atoms with Crippen LogP contribution in [0.15, 0.2) is 53.5 Å². The summed E-state index contributed by atoms with van der Waals surface area (Å²) < 4.78 is 32.0. The van der Waals surface area contributed by atoms with Crippen molar-refractivity contribution in [3.8, 4) is 5.75 Å². The molecule has 0 aliphatic heterocycles. The van der Waals surface area contributed by atoms with Crippen LogP contribution >= 0.6 is 0 Å². The van der Waals surface area contributed by atoms with Crippen LogP contribution < -0.4 is 15.4 Å². The Labute approximate surface area is 140 Å². The van der Waals surface area contributed by atoms with Crippen LogP contribution in [0.25, 0.3) is 0 Å². The van der Waals surface area contributed by atoms with Crippen LogP contribution in [0.4, 0.5) is 8.78 Å². The number of ether oxygens (including phenoxy) is 1. The minimum Gasteiger partial charge on any atom is -0.492 e. The summed E-state index contributed by atoms with van der Waals surface area (Å²) in [4.78, 5) is 4.09. The number of hydrogen-bond acceptors (Lipinski definition) is 2. The number of halogens is 2. The summed E-state index contributed by atoms with van der Waals surface area (Å²) in [5, 5.41) is 6.19. The predicted octanol–water partition coefficient (Wildman–Crippen LogP) is 2.75. The van der Waals surface area contributed by atoms with Crippen molar-refractivity contribution >= 4 is 5.96 Å². The van der Waals surface area contributed by atoms with Gasteiger partial charge in [0.25, 0.3) is 0 Å². The van der Waals surface area contributed by atoms with Gasteiger partial charge in [-0.25, -0.2) is 8.78 Å². The largest absolute Gasteiger partial charge is 0.492 e. The highest BCUT2D eigenvalue weighted by Crippen LogP contribution is 2.11. The zero-order valence-electron chi connectivity index (χ0n) is 13.6. The lowest BCUT2D eigenvalue weighted by Gasteiger charge is -2.12. The van der Waals surface area contributed by atoms with Gasteiger partial charge in [-0.2, -0.15) is 0 Å². The van der Waals surface area contributed by atoms with E-state index < -0.39 is 0 Å². The average molecular weight is 333 g/mol. The molecule has 0 heterocycles. The molecule has 0 bridgehead atoms. The van der Waals surface area contributed by atoms with Crippen LogP contribution in [0.2, 0.25) is 0 Å². The van der Waals surface area contributed by atoms with Gasteiger partial charge < -0.3 is 15.4 Å². The van der Waals surface area contributed by atoms with Gasteiger partial charge in [-0.05, 0) is 30.2 Å². The Bertz CT molecular complexity index is 677. The topological polar surface area (TPSA) is 45.7 Å². The van der Waals surface area contributed by atoms with Crippen molar-refractivity contribution in [3.63, 3.8) is 0 Å². The Morgan fingerprint density at radius 2 is 1.83 bits per heavy atom. The van der Waals surface area contributed by atoms with Gasteiger partial charge in [-0.15, -0.1) is 0 Å². The first-order chi connectivity index (χ1) is 11.7. The first-order valence-electron chi connectivity index (χ1n) is 7.75. The molecule has 6 heteroatoms. The lowest BCUT2D eigenvalue weighted by Crippen LogP contribution is -2.40. The van der Waals surface area contributed by atoms with Crippen LogP contribution in [0, 0.1) is 11.6 Å². The Hall–Kier alpha value is -2.63. The van der Waals surface area contributed by atoms with Crippen molar-refractivity contribution in [3.05, 3.63) is 65.7 Å². The van der Waals surface area contributed by atoms with Gasteiger partial charge in [-0.1, -0.05) is 24.3 Å². The molecule has 2 aromatic rings. The molecule has 0 radical (unpaired) electrons. The molecule has 2 rings (SSSR count). The van der Waals surface area contributed by atoms with E-state index >= 15 is 0 Å². The van der Waals surface area contributed by atoms with Crippen LogP contribution in [-0.4, -0.2) is 32.7 Å². The van der Waals surface area contributed by atoms with Gasteiger partial charge in [0, 0.05) is 19.7 Å². The second-order valence-corrected chi connectivity index (χ2v) is 5.07. The Morgan fingerprint density at radius 1 is 1.04 bits per heavy atom. The fourth-order valence-electron chi connectivity index (χ4n) is 2.13. The zero-order valence-corrected chi connectivity index (χ0v) is 13.6. The standard InChI is InChI=1S/C18H21F2N3O/c1-21-18(22-10-9-14-5-2-3-8-17(14)20)23-11-12-24-16-7-4-6-15(19)13-16/h2-8,13H,9-12H2,1H3,(H2,21,22,23). The van der Waals surface area contributed by atoms with E-state index in [2.05, 4.69) is 15.6 Å². The van der Waals surface area contributed by atoms with E-state index in [4.69, 9.17) is 4.74 Å². The normalized spacial score (nSPS) is 11.2. The maximum absolute atomic E-state index is 13.5. The summed E-state index contributed by atoms with van der Waals surface area (Å²) >= 11 is 0. The Balaban J connectivity index is 1.66. The van der Waals surface area contributed by atoms with E-state index in [0.717, 1.165) is 0 Å². The Kier molecular flexibility index (Phi) is 7.01. The number of guanidine groups is 1. The molecule has 0 unspecified atom stereocenters.